The van der Waals surface area contributed by atoms with Crippen LogP contribution < -0.4 is 5.73 Å². The number of rotatable bonds is 4. The van der Waals surface area contributed by atoms with E-state index in [0.29, 0.717) is 12.0 Å². The molecule has 0 radical (unpaired) electrons. The summed E-state index contributed by atoms with van der Waals surface area (Å²) in [6.07, 6.45) is 2.12. The summed E-state index contributed by atoms with van der Waals surface area (Å²) in [4.78, 5) is 13.6. The number of likely N-dealkylation sites (tertiary alicyclic amines) is 1. The fourth-order valence-electron chi connectivity index (χ4n) is 2.59. The van der Waals surface area contributed by atoms with Crippen LogP contribution in [-0.4, -0.2) is 37.1 Å². The molecule has 1 aliphatic rings. The molecule has 0 bridgehead atoms. The Labute approximate surface area is 113 Å². The van der Waals surface area contributed by atoms with Crippen molar-refractivity contribution in [3.8, 4) is 0 Å². The smallest absolute Gasteiger partial charge is 0.373 e. The summed E-state index contributed by atoms with van der Waals surface area (Å²) < 4.78 is 10.1. The predicted molar refractivity (Wildman–Crippen MR) is 71.7 cm³/mol. The van der Waals surface area contributed by atoms with E-state index < -0.39 is 5.97 Å². The molecule has 5 heteroatoms. The van der Waals surface area contributed by atoms with Gasteiger partial charge in [-0.2, -0.15) is 0 Å². The number of carbonyl (C=O) groups is 1. The van der Waals surface area contributed by atoms with Crippen LogP contribution in [0.15, 0.2) is 16.5 Å². The molecule has 1 fully saturated rings. The number of esters is 1. The van der Waals surface area contributed by atoms with Gasteiger partial charge in [-0.25, -0.2) is 4.79 Å². The van der Waals surface area contributed by atoms with Crippen molar-refractivity contribution in [1.29, 1.82) is 0 Å². The minimum absolute atomic E-state index is 0.262. The summed E-state index contributed by atoms with van der Waals surface area (Å²) in [6.45, 7) is 4.87. The molecule has 1 saturated heterocycles. The first-order chi connectivity index (χ1) is 9.13. The van der Waals surface area contributed by atoms with Gasteiger partial charge in [-0.15, -0.1) is 0 Å². The zero-order valence-electron chi connectivity index (χ0n) is 11.6. The van der Waals surface area contributed by atoms with Crippen LogP contribution in [0, 0.1) is 5.92 Å². The molecule has 106 valence electrons. The molecule has 5 nitrogen and oxygen atoms in total. The Morgan fingerprint density at radius 2 is 2.37 bits per heavy atom. The highest BCUT2D eigenvalue weighted by atomic mass is 16.5. The molecule has 2 rings (SSSR count). The van der Waals surface area contributed by atoms with E-state index in [2.05, 4.69) is 16.6 Å². The number of hydrogen-bond acceptors (Lipinski definition) is 5. The first kappa shape index (κ1) is 14.1. The van der Waals surface area contributed by atoms with Crippen LogP contribution in [0.1, 0.15) is 36.1 Å². The maximum atomic E-state index is 11.3. The number of piperidine rings is 1. The SMILES string of the molecule is CCC1CN(Cc2ccc(C(=O)OC)o2)CCC1N. The van der Waals surface area contributed by atoms with Crippen molar-refractivity contribution in [2.24, 2.45) is 11.7 Å². The molecule has 1 aliphatic heterocycles. The van der Waals surface area contributed by atoms with Crippen molar-refractivity contribution in [3.63, 3.8) is 0 Å². The van der Waals surface area contributed by atoms with Gasteiger partial charge < -0.3 is 14.9 Å². The first-order valence-corrected chi connectivity index (χ1v) is 6.79. The zero-order valence-corrected chi connectivity index (χ0v) is 11.6. The van der Waals surface area contributed by atoms with Crippen LogP contribution in [0.4, 0.5) is 0 Å². The van der Waals surface area contributed by atoms with Crippen molar-refractivity contribution in [1.82, 2.24) is 4.90 Å². The second kappa shape index (κ2) is 6.21. The predicted octanol–water partition coefficient (Wildman–Crippen LogP) is 1.63. The number of nitrogens with zero attached hydrogens (tertiary/aromatic N) is 1. The Bertz CT molecular complexity index is 430. The highest BCUT2D eigenvalue weighted by molar-refractivity contribution is 5.86. The summed E-state index contributed by atoms with van der Waals surface area (Å²) in [7, 11) is 1.35. The number of nitrogens with two attached hydrogens (primary N) is 1. The summed E-state index contributed by atoms with van der Waals surface area (Å²) in [5.41, 5.74) is 6.10. The normalized spacial score (nSPS) is 24.4. The average molecular weight is 266 g/mol. The second-order valence-corrected chi connectivity index (χ2v) is 5.11. The van der Waals surface area contributed by atoms with Crippen LogP contribution in [0.5, 0.6) is 0 Å². The van der Waals surface area contributed by atoms with Crippen molar-refractivity contribution in [2.75, 3.05) is 20.2 Å². The molecule has 0 spiro atoms. The summed E-state index contributed by atoms with van der Waals surface area (Å²) in [5.74, 6) is 1.17. The lowest BCUT2D eigenvalue weighted by atomic mass is 9.91. The van der Waals surface area contributed by atoms with E-state index in [1.807, 2.05) is 6.07 Å². The molecule has 0 aliphatic carbocycles. The fraction of sp³-hybridized carbons (Fsp3) is 0.643. The highest BCUT2D eigenvalue weighted by Crippen LogP contribution is 2.21. The average Bonchev–Trinajstić information content (AvgIpc) is 2.88. The molecule has 2 N–H and O–H groups in total. The largest absolute Gasteiger partial charge is 0.463 e. The molecule has 2 unspecified atom stereocenters. The van der Waals surface area contributed by atoms with E-state index in [4.69, 9.17) is 10.2 Å². The lowest BCUT2D eigenvalue weighted by Gasteiger charge is -2.36. The van der Waals surface area contributed by atoms with Crippen molar-refractivity contribution < 1.29 is 13.9 Å². The Balaban J connectivity index is 1.94. The standard InChI is InChI=1S/C14H22N2O3/c1-3-10-8-16(7-6-12(10)15)9-11-4-5-13(19-11)14(17)18-2/h4-5,10,12H,3,6-9,15H2,1-2H3. The number of ether oxygens (including phenoxy) is 1. The van der Waals surface area contributed by atoms with Crippen LogP contribution in [-0.2, 0) is 11.3 Å². The summed E-state index contributed by atoms with van der Waals surface area (Å²) in [6, 6.07) is 3.80. The quantitative estimate of drug-likeness (QED) is 0.839. The van der Waals surface area contributed by atoms with Gasteiger partial charge in [-0.3, -0.25) is 4.90 Å². The Morgan fingerprint density at radius 3 is 3.05 bits per heavy atom. The van der Waals surface area contributed by atoms with Gasteiger partial charge in [0.25, 0.3) is 0 Å². The van der Waals surface area contributed by atoms with Gasteiger partial charge in [-0.05, 0) is 24.5 Å². The molecule has 2 atom stereocenters. The van der Waals surface area contributed by atoms with Crippen molar-refractivity contribution >= 4 is 5.97 Å². The summed E-state index contributed by atoms with van der Waals surface area (Å²) >= 11 is 0. The van der Waals surface area contributed by atoms with Gasteiger partial charge >= 0.3 is 5.97 Å². The fourth-order valence-corrected chi connectivity index (χ4v) is 2.59. The zero-order chi connectivity index (χ0) is 13.8. The van der Waals surface area contributed by atoms with Crippen molar-refractivity contribution in [3.05, 3.63) is 23.7 Å². The van der Waals surface area contributed by atoms with E-state index in [1.165, 1.54) is 7.11 Å². The lowest BCUT2D eigenvalue weighted by Crippen LogP contribution is -2.46. The topological polar surface area (TPSA) is 68.7 Å². The van der Waals surface area contributed by atoms with E-state index in [1.54, 1.807) is 6.07 Å². The van der Waals surface area contributed by atoms with Gasteiger partial charge in [0, 0.05) is 19.1 Å². The van der Waals surface area contributed by atoms with Crippen molar-refractivity contribution in [2.45, 2.75) is 32.4 Å². The maximum Gasteiger partial charge on any atom is 0.373 e. The third-order valence-electron chi connectivity index (χ3n) is 3.83. The molecular formula is C14H22N2O3. The molecule has 2 heterocycles. The number of hydrogen-bond donors (Lipinski definition) is 1. The molecule has 19 heavy (non-hydrogen) atoms. The van der Waals surface area contributed by atoms with E-state index in [0.717, 1.165) is 38.2 Å². The monoisotopic (exact) mass is 266 g/mol. The molecular weight excluding hydrogens is 244 g/mol. The van der Waals surface area contributed by atoms with E-state index >= 15 is 0 Å². The summed E-state index contributed by atoms with van der Waals surface area (Å²) in [5, 5.41) is 0. The molecule has 1 aromatic heterocycles. The van der Waals surface area contributed by atoms with Crippen LogP contribution in [0.3, 0.4) is 0 Å². The van der Waals surface area contributed by atoms with Crippen LogP contribution in [0.2, 0.25) is 0 Å². The lowest BCUT2D eigenvalue weighted by molar-refractivity contribution is 0.0559. The maximum absolute atomic E-state index is 11.3. The molecule has 0 amide bonds. The Kier molecular flexibility index (Phi) is 4.61. The van der Waals surface area contributed by atoms with E-state index in [-0.39, 0.29) is 5.76 Å². The van der Waals surface area contributed by atoms with Gasteiger partial charge in [0.2, 0.25) is 5.76 Å². The number of methoxy groups -OCH3 is 1. The number of furan rings is 1. The highest BCUT2D eigenvalue weighted by Gasteiger charge is 2.25. The first-order valence-electron chi connectivity index (χ1n) is 6.79. The van der Waals surface area contributed by atoms with E-state index in [9.17, 15) is 4.79 Å². The van der Waals surface area contributed by atoms with Gasteiger partial charge in [0.05, 0.1) is 13.7 Å². The Hall–Kier alpha value is -1.33. The molecule has 0 aromatic carbocycles. The minimum Gasteiger partial charge on any atom is -0.463 e. The molecule has 0 saturated carbocycles. The third kappa shape index (κ3) is 3.36. The van der Waals surface area contributed by atoms with Crippen LogP contribution in [0.25, 0.3) is 0 Å². The second-order valence-electron chi connectivity index (χ2n) is 5.11. The van der Waals surface area contributed by atoms with Gasteiger partial charge in [-0.1, -0.05) is 13.3 Å². The number of carbonyl (C=O) groups excluding carboxylic acids is 1. The van der Waals surface area contributed by atoms with Crippen LogP contribution >= 0.6 is 0 Å². The minimum atomic E-state index is -0.432. The third-order valence-corrected chi connectivity index (χ3v) is 3.83. The van der Waals surface area contributed by atoms with Gasteiger partial charge in [0.1, 0.15) is 5.76 Å². The van der Waals surface area contributed by atoms with Gasteiger partial charge in [0.15, 0.2) is 0 Å². The molecule has 1 aromatic rings. The Morgan fingerprint density at radius 1 is 1.58 bits per heavy atom.